The van der Waals surface area contributed by atoms with Crippen LogP contribution in [0.25, 0.3) is 0 Å². The van der Waals surface area contributed by atoms with E-state index in [4.69, 9.17) is 21.1 Å². The quantitative estimate of drug-likeness (QED) is 0.755. The van der Waals surface area contributed by atoms with Crippen molar-refractivity contribution in [3.63, 3.8) is 0 Å². The predicted molar refractivity (Wildman–Crippen MR) is 84.8 cm³/mol. The SMILES string of the molecule is COCCNCc1cnc(Oc2cc(Br)ccc2Cl)nc1. The molecule has 0 aliphatic rings. The largest absolute Gasteiger partial charge is 0.423 e. The molecule has 0 atom stereocenters. The van der Waals surface area contributed by atoms with Gasteiger partial charge in [0, 0.05) is 42.6 Å². The molecule has 112 valence electrons. The number of methoxy groups -OCH3 is 1. The summed E-state index contributed by atoms with van der Waals surface area (Å²) in [6.07, 6.45) is 3.43. The Bertz CT molecular complexity index is 581. The van der Waals surface area contributed by atoms with Crippen molar-refractivity contribution in [1.29, 1.82) is 0 Å². The standard InChI is InChI=1S/C14H15BrClN3O2/c1-20-5-4-17-7-10-8-18-14(19-9-10)21-13-6-11(15)2-3-12(13)16/h2-3,6,8-9,17H,4-5,7H2,1H3. The molecule has 0 amide bonds. The predicted octanol–water partition coefficient (Wildman–Crippen LogP) is 3.42. The summed E-state index contributed by atoms with van der Waals surface area (Å²) in [5, 5.41) is 3.72. The van der Waals surface area contributed by atoms with Crippen LogP contribution in [0.4, 0.5) is 0 Å². The summed E-state index contributed by atoms with van der Waals surface area (Å²) in [7, 11) is 1.67. The average Bonchev–Trinajstić information content (AvgIpc) is 2.49. The molecular weight excluding hydrogens is 358 g/mol. The van der Waals surface area contributed by atoms with Crippen molar-refractivity contribution in [3.8, 4) is 11.8 Å². The van der Waals surface area contributed by atoms with E-state index in [-0.39, 0.29) is 6.01 Å². The minimum Gasteiger partial charge on any atom is -0.423 e. The first-order valence-corrected chi connectivity index (χ1v) is 7.49. The number of nitrogens with zero attached hydrogens (tertiary/aromatic N) is 2. The zero-order valence-electron chi connectivity index (χ0n) is 11.5. The molecule has 5 nitrogen and oxygen atoms in total. The maximum absolute atomic E-state index is 6.05. The van der Waals surface area contributed by atoms with Crippen LogP contribution in [-0.2, 0) is 11.3 Å². The zero-order chi connectivity index (χ0) is 15.1. The molecule has 0 aliphatic heterocycles. The van der Waals surface area contributed by atoms with Gasteiger partial charge in [-0.1, -0.05) is 27.5 Å². The minimum atomic E-state index is 0.260. The van der Waals surface area contributed by atoms with Gasteiger partial charge in [-0.3, -0.25) is 0 Å². The van der Waals surface area contributed by atoms with Gasteiger partial charge in [0.15, 0.2) is 5.75 Å². The Morgan fingerprint density at radius 3 is 2.76 bits per heavy atom. The van der Waals surface area contributed by atoms with Gasteiger partial charge in [-0.2, -0.15) is 0 Å². The molecule has 21 heavy (non-hydrogen) atoms. The number of aromatic nitrogens is 2. The molecule has 0 saturated carbocycles. The fourth-order valence-electron chi connectivity index (χ4n) is 1.55. The highest BCUT2D eigenvalue weighted by Gasteiger charge is 2.06. The van der Waals surface area contributed by atoms with Crippen LogP contribution in [0.2, 0.25) is 5.02 Å². The van der Waals surface area contributed by atoms with Crippen LogP contribution in [0.1, 0.15) is 5.56 Å². The molecule has 0 unspecified atom stereocenters. The van der Waals surface area contributed by atoms with Crippen LogP contribution in [0, 0.1) is 0 Å². The number of hydrogen-bond acceptors (Lipinski definition) is 5. The van der Waals surface area contributed by atoms with Crippen molar-refractivity contribution in [2.45, 2.75) is 6.54 Å². The Morgan fingerprint density at radius 1 is 1.29 bits per heavy atom. The number of nitrogens with one attached hydrogen (secondary N) is 1. The van der Waals surface area contributed by atoms with E-state index >= 15 is 0 Å². The maximum atomic E-state index is 6.05. The van der Waals surface area contributed by atoms with E-state index in [9.17, 15) is 0 Å². The summed E-state index contributed by atoms with van der Waals surface area (Å²) in [6, 6.07) is 5.61. The molecule has 0 fully saturated rings. The van der Waals surface area contributed by atoms with Gasteiger partial charge in [-0.25, -0.2) is 9.97 Å². The normalized spacial score (nSPS) is 10.6. The minimum absolute atomic E-state index is 0.260. The van der Waals surface area contributed by atoms with Crippen molar-refractivity contribution < 1.29 is 9.47 Å². The van der Waals surface area contributed by atoms with Gasteiger partial charge in [0.25, 0.3) is 0 Å². The van der Waals surface area contributed by atoms with Gasteiger partial charge < -0.3 is 14.8 Å². The summed E-state index contributed by atoms with van der Waals surface area (Å²) >= 11 is 9.42. The van der Waals surface area contributed by atoms with Crippen molar-refractivity contribution in [1.82, 2.24) is 15.3 Å². The zero-order valence-corrected chi connectivity index (χ0v) is 13.8. The lowest BCUT2D eigenvalue weighted by Crippen LogP contribution is -2.18. The van der Waals surface area contributed by atoms with Gasteiger partial charge in [0.2, 0.25) is 0 Å². The molecule has 1 N–H and O–H groups in total. The van der Waals surface area contributed by atoms with E-state index in [1.54, 1.807) is 31.6 Å². The van der Waals surface area contributed by atoms with Crippen LogP contribution < -0.4 is 10.1 Å². The first kappa shape index (κ1) is 16.2. The highest BCUT2D eigenvalue weighted by atomic mass is 79.9. The maximum Gasteiger partial charge on any atom is 0.321 e. The monoisotopic (exact) mass is 371 g/mol. The van der Waals surface area contributed by atoms with Crippen LogP contribution in [0.3, 0.4) is 0 Å². The summed E-state index contributed by atoms with van der Waals surface area (Å²) in [4.78, 5) is 8.33. The molecule has 0 bridgehead atoms. The fourth-order valence-corrected chi connectivity index (χ4v) is 2.04. The van der Waals surface area contributed by atoms with Crippen LogP contribution >= 0.6 is 27.5 Å². The van der Waals surface area contributed by atoms with Crippen molar-refractivity contribution in [2.75, 3.05) is 20.3 Å². The van der Waals surface area contributed by atoms with E-state index in [1.807, 2.05) is 6.07 Å². The Labute approximate surface area is 136 Å². The lowest BCUT2D eigenvalue weighted by atomic mass is 10.3. The molecule has 7 heteroatoms. The average molecular weight is 373 g/mol. The lowest BCUT2D eigenvalue weighted by molar-refractivity contribution is 0.199. The van der Waals surface area contributed by atoms with Crippen LogP contribution in [0.15, 0.2) is 35.1 Å². The Hall–Kier alpha value is -1.21. The first-order chi connectivity index (χ1) is 10.2. The van der Waals surface area contributed by atoms with E-state index < -0.39 is 0 Å². The Morgan fingerprint density at radius 2 is 2.05 bits per heavy atom. The molecular formula is C14H15BrClN3O2. The lowest BCUT2D eigenvalue weighted by Gasteiger charge is -2.07. The van der Waals surface area contributed by atoms with Gasteiger partial charge in [0.1, 0.15) is 0 Å². The second kappa shape index (κ2) is 8.29. The summed E-state index contributed by atoms with van der Waals surface area (Å²) in [5.74, 6) is 0.511. The second-order valence-electron chi connectivity index (χ2n) is 4.22. The van der Waals surface area contributed by atoms with Gasteiger partial charge >= 0.3 is 6.01 Å². The van der Waals surface area contributed by atoms with Crippen molar-refractivity contribution >= 4 is 27.5 Å². The molecule has 0 saturated heterocycles. The molecule has 2 rings (SSSR count). The number of ether oxygens (including phenoxy) is 2. The van der Waals surface area contributed by atoms with Gasteiger partial charge in [-0.05, 0) is 18.2 Å². The molecule has 2 aromatic rings. The summed E-state index contributed by atoms with van der Waals surface area (Å²) in [6.45, 7) is 2.13. The van der Waals surface area contributed by atoms with Crippen LogP contribution in [-0.4, -0.2) is 30.2 Å². The number of rotatable bonds is 7. The highest BCUT2D eigenvalue weighted by molar-refractivity contribution is 9.10. The van der Waals surface area contributed by atoms with Gasteiger partial charge in [-0.15, -0.1) is 0 Å². The summed E-state index contributed by atoms with van der Waals surface area (Å²) < 4.78 is 11.4. The molecule has 1 aromatic heterocycles. The smallest absolute Gasteiger partial charge is 0.321 e. The Kier molecular flexibility index (Phi) is 6.38. The third-order valence-electron chi connectivity index (χ3n) is 2.59. The molecule has 0 aliphatic carbocycles. The highest BCUT2D eigenvalue weighted by Crippen LogP contribution is 2.30. The molecule has 1 heterocycles. The van der Waals surface area contributed by atoms with Gasteiger partial charge in [0.05, 0.1) is 11.6 Å². The third kappa shape index (κ3) is 5.24. The Balaban J connectivity index is 1.94. The molecule has 0 radical (unpaired) electrons. The van der Waals surface area contributed by atoms with E-state index in [0.29, 0.717) is 23.9 Å². The topological polar surface area (TPSA) is 56.3 Å². The summed E-state index contributed by atoms with van der Waals surface area (Å²) in [5.41, 5.74) is 0.971. The molecule has 1 aromatic carbocycles. The first-order valence-electron chi connectivity index (χ1n) is 6.32. The number of hydrogen-bond donors (Lipinski definition) is 1. The van der Waals surface area contributed by atoms with E-state index in [2.05, 4.69) is 31.2 Å². The number of halogens is 2. The van der Waals surface area contributed by atoms with E-state index in [0.717, 1.165) is 16.6 Å². The third-order valence-corrected chi connectivity index (χ3v) is 3.39. The van der Waals surface area contributed by atoms with Crippen LogP contribution in [0.5, 0.6) is 11.8 Å². The number of benzene rings is 1. The van der Waals surface area contributed by atoms with E-state index in [1.165, 1.54) is 0 Å². The van der Waals surface area contributed by atoms with Crippen molar-refractivity contribution in [3.05, 3.63) is 45.7 Å². The van der Waals surface area contributed by atoms with Crippen molar-refractivity contribution in [2.24, 2.45) is 0 Å². The second-order valence-corrected chi connectivity index (χ2v) is 5.54. The molecule has 0 spiro atoms. The fraction of sp³-hybridized carbons (Fsp3) is 0.286.